The molecule has 4 heteroatoms. The van der Waals surface area contributed by atoms with Crippen molar-refractivity contribution in [2.45, 2.75) is 59.0 Å². The van der Waals surface area contributed by atoms with Gasteiger partial charge in [0.25, 0.3) is 0 Å². The Morgan fingerprint density at radius 1 is 1.13 bits per heavy atom. The minimum absolute atomic E-state index is 0.00838. The van der Waals surface area contributed by atoms with E-state index in [1.165, 1.54) is 5.56 Å². The molecule has 0 saturated heterocycles. The van der Waals surface area contributed by atoms with Gasteiger partial charge in [0.15, 0.2) is 0 Å². The van der Waals surface area contributed by atoms with Gasteiger partial charge in [-0.2, -0.15) is 5.10 Å². The van der Waals surface area contributed by atoms with E-state index in [1.807, 2.05) is 19.2 Å². The lowest BCUT2D eigenvalue weighted by atomic mass is 9.95. The topological polar surface area (TPSA) is 46.9 Å². The fourth-order valence-corrected chi connectivity index (χ4v) is 2.65. The normalized spacial score (nSPS) is 13.6. The van der Waals surface area contributed by atoms with E-state index >= 15 is 0 Å². The highest BCUT2D eigenvalue weighted by Crippen LogP contribution is 2.22. The van der Waals surface area contributed by atoms with Crippen LogP contribution in [0.5, 0.6) is 0 Å². The van der Waals surface area contributed by atoms with Crippen molar-refractivity contribution in [1.29, 1.82) is 0 Å². The fourth-order valence-electron chi connectivity index (χ4n) is 2.65. The molecule has 1 heterocycles. The number of hydrogen-bond donors (Lipinski definition) is 1. The third-order valence-corrected chi connectivity index (χ3v) is 4.34. The molecule has 0 spiro atoms. The highest BCUT2D eigenvalue weighted by Gasteiger charge is 2.14. The largest absolute Gasteiger partial charge is 0.348 e. The Labute approximate surface area is 138 Å². The molecule has 124 valence electrons. The van der Waals surface area contributed by atoms with Crippen molar-refractivity contribution in [1.82, 2.24) is 15.1 Å². The number of amides is 1. The summed E-state index contributed by atoms with van der Waals surface area (Å²) in [5.41, 5.74) is 3.43. The molecule has 1 amide bonds. The van der Waals surface area contributed by atoms with E-state index in [0.717, 1.165) is 24.1 Å². The number of hydrogen-bond acceptors (Lipinski definition) is 2. The second kappa shape index (κ2) is 7.95. The lowest BCUT2D eigenvalue weighted by Crippen LogP contribution is -2.31. The third kappa shape index (κ3) is 4.68. The molecule has 2 unspecified atom stereocenters. The first-order valence-corrected chi connectivity index (χ1v) is 8.42. The molecule has 0 aliphatic heterocycles. The third-order valence-electron chi connectivity index (χ3n) is 4.34. The summed E-state index contributed by atoms with van der Waals surface area (Å²) < 4.78 is 1.67. The summed E-state index contributed by atoms with van der Waals surface area (Å²) in [4.78, 5) is 12.2. The lowest BCUT2D eigenvalue weighted by Gasteiger charge is -2.19. The van der Waals surface area contributed by atoms with Crippen molar-refractivity contribution in [2.75, 3.05) is 0 Å². The molecule has 23 heavy (non-hydrogen) atoms. The van der Waals surface area contributed by atoms with E-state index in [2.05, 4.69) is 55.5 Å². The first-order valence-electron chi connectivity index (χ1n) is 8.42. The molecule has 1 N–H and O–H groups in total. The Hall–Kier alpha value is -2.10. The summed E-state index contributed by atoms with van der Waals surface area (Å²) in [6.45, 7) is 8.70. The van der Waals surface area contributed by atoms with E-state index in [1.54, 1.807) is 4.68 Å². The summed E-state index contributed by atoms with van der Waals surface area (Å²) in [7, 11) is 0. The molecule has 2 rings (SSSR count). The van der Waals surface area contributed by atoms with Crippen LogP contribution in [0.4, 0.5) is 0 Å². The zero-order valence-electron chi connectivity index (χ0n) is 14.5. The van der Waals surface area contributed by atoms with Crippen molar-refractivity contribution in [3.8, 4) is 0 Å². The van der Waals surface area contributed by atoms with Crippen LogP contribution in [0.1, 0.15) is 62.4 Å². The first kappa shape index (κ1) is 17.3. The van der Waals surface area contributed by atoms with Crippen molar-refractivity contribution < 1.29 is 4.79 Å². The van der Waals surface area contributed by atoms with Gasteiger partial charge in [-0.1, -0.05) is 45.0 Å². The van der Waals surface area contributed by atoms with Gasteiger partial charge in [-0.15, -0.1) is 0 Å². The molecular weight excluding hydrogens is 286 g/mol. The van der Waals surface area contributed by atoms with Crippen LogP contribution >= 0.6 is 0 Å². The molecule has 0 saturated carbocycles. The molecule has 4 nitrogen and oxygen atoms in total. The standard InChI is InChI=1S/C19H27N3O/c1-5-14(3)16-7-9-17(10-8-16)18(6-2)20-19(23)13-22-12-11-15(4)21-22/h7-12,14,18H,5-6,13H2,1-4H3,(H,20,23). The van der Waals surface area contributed by atoms with Crippen LogP contribution in [-0.2, 0) is 11.3 Å². The predicted molar refractivity (Wildman–Crippen MR) is 93.3 cm³/mol. The van der Waals surface area contributed by atoms with Gasteiger partial charge >= 0.3 is 0 Å². The highest BCUT2D eigenvalue weighted by molar-refractivity contribution is 5.76. The SMILES string of the molecule is CCC(C)c1ccc(C(CC)NC(=O)Cn2ccc(C)n2)cc1. The summed E-state index contributed by atoms with van der Waals surface area (Å²) in [5.74, 6) is 0.563. The molecule has 2 aromatic rings. The maximum Gasteiger partial charge on any atom is 0.242 e. The van der Waals surface area contributed by atoms with Crippen molar-refractivity contribution in [2.24, 2.45) is 0 Å². The van der Waals surface area contributed by atoms with Gasteiger partial charge in [0.2, 0.25) is 5.91 Å². The van der Waals surface area contributed by atoms with E-state index < -0.39 is 0 Å². The van der Waals surface area contributed by atoms with Crippen LogP contribution in [-0.4, -0.2) is 15.7 Å². The summed E-state index contributed by atoms with van der Waals surface area (Å²) in [6.07, 6.45) is 3.83. The van der Waals surface area contributed by atoms with E-state index in [-0.39, 0.29) is 18.5 Å². The molecule has 0 aliphatic rings. The maximum absolute atomic E-state index is 12.2. The second-order valence-electron chi connectivity index (χ2n) is 6.16. The Morgan fingerprint density at radius 3 is 2.30 bits per heavy atom. The number of rotatable bonds is 7. The monoisotopic (exact) mass is 313 g/mol. The number of nitrogens with zero attached hydrogens (tertiary/aromatic N) is 2. The Kier molecular flexibility index (Phi) is 5.97. The van der Waals surface area contributed by atoms with Gasteiger partial charge in [-0.3, -0.25) is 9.48 Å². The average molecular weight is 313 g/mol. The molecule has 0 aliphatic carbocycles. The maximum atomic E-state index is 12.2. The van der Waals surface area contributed by atoms with Gasteiger partial charge in [-0.05, 0) is 42.9 Å². The first-order chi connectivity index (χ1) is 11.0. The molecule has 1 aromatic heterocycles. The Bertz CT molecular complexity index is 630. The molecule has 0 bridgehead atoms. The second-order valence-corrected chi connectivity index (χ2v) is 6.16. The molecular formula is C19H27N3O. The lowest BCUT2D eigenvalue weighted by molar-refractivity contribution is -0.122. The smallest absolute Gasteiger partial charge is 0.242 e. The molecule has 0 radical (unpaired) electrons. The van der Waals surface area contributed by atoms with E-state index in [4.69, 9.17) is 0 Å². The summed E-state index contributed by atoms with van der Waals surface area (Å²) in [6, 6.07) is 10.6. The van der Waals surface area contributed by atoms with Crippen LogP contribution in [0.25, 0.3) is 0 Å². The number of carbonyl (C=O) groups is 1. The average Bonchev–Trinajstić information content (AvgIpc) is 2.96. The number of aryl methyl sites for hydroxylation is 1. The Morgan fingerprint density at radius 2 is 1.78 bits per heavy atom. The van der Waals surface area contributed by atoms with Crippen LogP contribution < -0.4 is 5.32 Å². The fraction of sp³-hybridized carbons (Fsp3) is 0.474. The van der Waals surface area contributed by atoms with Gasteiger partial charge in [0, 0.05) is 6.20 Å². The number of nitrogens with one attached hydrogen (secondary N) is 1. The van der Waals surface area contributed by atoms with Gasteiger partial charge in [-0.25, -0.2) is 0 Å². The van der Waals surface area contributed by atoms with Gasteiger partial charge in [0.05, 0.1) is 11.7 Å². The van der Waals surface area contributed by atoms with Crippen LogP contribution in [0.15, 0.2) is 36.5 Å². The summed E-state index contributed by atoms with van der Waals surface area (Å²) >= 11 is 0. The van der Waals surface area contributed by atoms with Crippen LogP contribution in [0, 0.1) is 6.92 Å². The van der Waals surface area contributed by atoms with Gasteiger partial charge < -0.3 is 5.32 Å². The van der Waals surface area contributed by atoms with Crippen molar-refractivity contribution in [3.63, 3.8) is 0 Å². The van der Waals surface area contributed by atoms with E-state index in [0.29, 0.717) is 5.92 Å². The van der Waals surface area contributed by atoms with Crippen LogP contribution in [0.2, 0.25) is 0 Å². The Balaban J connectivity index is 2.00. The molecule has 0 fully saturated rings. The zero-order valence-corrected chi connectivity index (χ0v) is 14.5. The van der Waals surface area contributed by atoms with E-state index in [9.17, 15) is 4.79 Å². The minimum atomic E-state index is -0.00838. The van der Waals surface area contributed by atoms with Crippen molar-refractivity contribution in [3.05, 3.63) is 53.3 Å². The predicted octanol–water partition coefficient (Wildman–Crippen LogP) is 3.97. The zero-order chi connectivity index (χ0) is 16.8. The molecule has 1 aromatic carbocycles. The summed E-state index contributed by atoms with van der Waals surface area (Å²) in [5, 5.41) is 7.36. The quantitative estimate of drug-likeness (QED) is 0.840. The number of aromatic nitrogens is 2. The van der Waals surface area contributed by atoms with Crippen LogP contribution in [0.3, 0.4) is 0 Å². The highest BCUT2D eigenvalue weighted by atomic mass is 16.2. The number of carbonyl (C=O) groups excluding carboxylic acids is 1. The van der Waals surface area contributed by atoms with Crippen molar-refractivity contribution >= 4 is 5.91 Å². The molecule has 2 atom stereocenters. The minimum Gasteiger partial charge on any atom is -0.348 e. The number of benzene rings is 1. The van der Waals surface area contributed by atoms with Gasteiger partial charge in [0.1, 0.15) is 6.54 Å².